The molecule has 2 aliphatic rings. The Balaban J connectivity index is 1.79. The van der Waals surface area contributed by atoms with E-state index >= 15 is 0 Å². The molecule has 23 heavy (non-hydrogen) atoms. The van der Waals surface area contributed by atoms with Gasteiger partial charge in [0, 0.05) is 23.4 Å². The first-order valence-corrected chi connectivity index (χ1v) is 8.16. The monoisotopic (exact) mass is 318 g/mol. The number of benzene rings is 1. The molecule has 0 spiro atoms. The molecule has 112 valence electrons. The largest absolute Gasteiger partial charge is 0.338 e. The van der Waals surface area contributed by atoms with E-state index < -0.39 is 0 Å². The summed E-state index contributed by atoms with van der Waals surface area (Å²) in [5.74, 6) is -0.0369. The second-order valence-corrected chi connectivity index (χ2v) is 6.42. The number of fused-ring (bicyclic) bond motifs is 2. The maximum atomic E-state index is 11.9. The van der Waals surface area contributed by atoms with Crippen LogP contribution in [-0.2, 0) is 0 Å². The molecule has 2 aromatic rings. The first-order valence-electron chi connectivity index (χ1n) is 7.34. The van der Waals surface area contributed by atoms with E-state index in [0.29, 0.717) is 5.69 Å². The van der Waals surface area contributed by atoms with Crippen molar-refractivity contribution >= 4 is 35.4 Å². The van der Waals surface area contributed by atoms with Crippen molar-refractivity contribution in [3.8, 4) is 0 Å². The van der Waals surface area contributed by atoms with Crippen molar-refractivity contribution in [2.45, 2.75) is 4.90 Å². The SMILES string of the molecule is CN1/C(=C\C=c2/ccnc3c2=CC=CC3=O)Sc2ccccc21. The molecule has 1 aromatic heterocycles. The van der Waals surface area contributed by atoms with Crippen molar-refractivity contribution in [1.29, 1.82) is 0 Å². The minimum Gasteiger partial charge on any atom is -0.338 e. The molecule has 1 aliphatic heterocycles. The van der Waals surface area contributed by atoms with E-state index in [9.17, 15) is 4.79 Å². The third kappa shape index (κ3) is 2.41. The Morgan fingerprint density at radius 3 is 2.91 bits per heavy atom. The van der Waals surface area contributed by atoms with Gasteiger partial charge >= 0.3 is 0 Å². The number of ketones is 1. The fraction of sp³-hybridized carbons (Fsp3) is 0.0526. The zero-order valence-electron chi connectivity index (χ0n) is 12.6. The summed E-state index contributed by atoms with van der Waals surface area (Å²) < 4.78 is 0. The van der Waals surface area contributed by atoms with Gasteiger partial charge in [-0.15, -0.1) is 0 Å². The number of thioether (sulfide) groups is 1. The summed E-state index contributed by atoms with van der Waals surface area (Å²) in [4.78, 5) is 19.5. The van der Waals surface area contributed by atoms with Crippen LogP contribution in [0.5, 0.6) is 0 Å². The zero-order valence-corrected chi connectivity index (χ0v) is 13.4. The van der Waals surface area contributed by atoms with E-state index in [4.69, 9.17) is 0 Å². The summed E-state index contributed by atoms with van der Waals surface area (Å²) in [6.45, 7) is 0. The maximum Gasteiger partial charge on any atom is 0.204 e. The molecule has 0 atom stereocenters. The number of carbonyl (C=O) groups is 1. The molecule has 0 radical (unpaired) electrons. The number of carbonyl (C=O) groups excluding carboxylic acids is 1. The van der Waals surface area contributed by atoms with Crippen LogP contribution >= 0.6 is 11.8 Å². The fourth-order valence-electron chi connectivity index (χ4n) is 2.74. The first kappa shape index (κ1) is 14.0. The Labute approximate surface area is 138 Å². The van der Waals surface area contributed by atoms with Gasteiger partial charge < -0.3 is 4.90 Å². The van der Waals surface area contributed by atoms with Gasteiger partial charge in [0.15, 0.2) is 0 Å². The predicted molar refractivity (Wildman–Crippen MR) is 94.7 cm³/mol. The van der Waals surface area contributed by atoms with Gasteiger partial charge in [0.1, 0.15) is 5.69 Å². The lowest BCUT2D eigenvalue weighted by Gasteiger charge is -2.12. The van der Waals surface area contributed by atoms with Crippen LogP contribution < -0.4 is 15.3 Å². The highest BCUT2D eigenvalue weighted by molar-refractivity contribution is 8.03. The first-order chi connectivity index (χ1) is 11.2. The molecule has 0 amide bonds. The molecular weight excluding hydrogens is 304 g/mol. The van der Waals surface area contributed by atoms with Crippen LogP contribution in [-0.4, -0.2) is 17.8 Å². The number of aromatic nitrogens is 1. The molecule has 1 aliphatic carbocycles. The molecule has 0 unspecified atom stereocenters. The number of hydrogen-bond donors (Lipinski definition) is 0. The average molecular weight is 318 g/mol. The van der Waals surface area contributed by atoms with Crippen molar-refractivity contribution < 1.29 is 4.79 Å². The van der Waals surface area contributed by atoms with Crippen LogP contribution in [0.4, 0.5) is 5.69 Å². The van der Waals surface area contributed by atoms with Crippen molar-refractivity contribution in [3.05, 3.63) is 75.9 Å². The standard InChI is InChI=1S/C19H14N2OS/c1-21-15-6-2-3-8-17(15)23-18(21)10-9-13-11-12-20-19-14(13)5-4-7-16(19)22/h2-12H,1H3/b13-9+,18-10+. The highest BCUT2D eigenvalue weighted by Crippen LogP contribution is 2.44. The minimum absolute atomic E-state index is 0.0369. The van der Waals surface area contributed by atoms with Crippen molar-refractivity contribution in [1.82, 2.24) is 4.98 Å². The molecule has 2 heterocycles. The molecule has 0 N–H and O–H groups in total. The van der Waals surface area contributed by atoms with Crippen LogP contribution in [0.3, 0.4) is 0 Å². The lowest BCUT2D eigenvalue weighted by atomic mass is 10.1. The van der Waals surface area contributed by atoms with Crippen molar-refractivity contribution in [3.63, 3.8) is 0 Å². The molecule has 4 rings (SSSR count). The van der Waals surface area contributed by atoms with E-state index in [1.165, 1.54) is 10.6 Å². The number of hydrogen-bond acceptors (Lipinski definition) is 4. The Morgan fingerprint density at radius 2 is 2.04 bits per heavy atom. The summed E-state index contributed by atoms with van der Waals surface area (Å²) in [7, 11) is 2.07. The van der Waals surface area contributed by atoms with Crippen LogP contribution in [0.15, 0.2) is 64.7 Å². The van der Waals surface area contributed by atoms with Gasteiger partial charge in [0.2, 0.25) is 5.78 Å². The van der Waals surface area contributed by atoms with E-state index in [1.54, 1.807) is 30.1 Å². The van der Waals surface area contributed by atoms with E-state index in [1.807, 2.05) is 18.2 Å². The number of rotatable bonds is 1. The summed E-state index contributed by atoms with van der Waals surface area (Å²) in [5.41, 5.74) is 1.74. The normalized spacial score (nSPS) is 18.1. The topological polar surface area (TPSA) is 33.2 Å². The van der Waals surface area contributed by atoms with Gasteiger partial charge in [-0.1, -0.05) is 42.1 Å². The molecule has 1 aromatic carbocycles. The fourth-order valence-corrected chi connectivity index (χ4v) is 3.80. The number of allylic oxidation sites excluding steroid dienone is 3. The van der Waals surface area contributed by atoms with E-state index in [-0.39, 0.29) is 5.78 Å². The molecule has 0 bridgehead atoms. The third-order valence-corrected chi connectivity index (χ3v) is 5.13. The van der Waals surface area contributed by atoms with Crippen molar-refractivity contribution in [2.24, 2.45) is 0 Å². The molecular formula is C19H14N2OS. The minimum atomic E-state index is -0.0369. The van der Waals surface area contributed by atoms with E-state index in [0.717, 1.165) is 15.5 Å². The van der Waals surface area contributed by atoms with Crippen LogP contribution in [0.1, 0.15) is 10.5 Å². The van der Waals surface area contributed by atoms with Gasteiger partial charge in [-0.3, -0.25) is 9.78 Å². The molecule has 0 saturated heterocycles. The van der Waals surface area contributed by atoms with Crippen LogP contribution in [0.2, 0.25) is 0 Å². The average Bonchev–Trinajstić information content (AvgIpc) is 2.90. The summed E-state index contributed by atoms with van der Waals surface area (Å²) in [6.07, 6.45) is 11.1. The molecule has 4 heteroatoms. The van der Waals surface area contributed by atoms with Gasteiger partial charge in [0.05, 0.1) is 10.7 Å². The molecule has 0 fully saturated rings. The van der Waals surface area contributed by atoms with Gasteiger partial charge in [0.25, 0.3) is 0 Å². The van der Waals surface area contributed by atoms with Crippen molar-refractivity contribution in [2.75, 3.05) is 11.9 Å². The quantitative estimate of drug-likeness (QED) is 0.809. The predicted octanol–water partition coefficient (Wildman–Crippen LogP) is 2.48. The number of anilines is 1. The Kier molecular flexibility index (Phi) is 3.39. The van der Waals surface area contributed by atoms with Gasteiger partial charge in [-0.05, 0) is 35.6 Å². The highest BCUT2D eigenvalue weighted by atomic mass is 32.2. The van der Waals surface area contributed by atoms with Crippen LogP contribution in [0, 0.1) is 0 Å². The Morgan fingerprint density at radius 1 is 1.17 bits per heavy atom. The number of pyridine rings is 1. The summed E-state index contributed by atoms with van der Waals surface area (Å²) in [5, 5.41) is 3.06. The van der Waals surface area contributed by atoms with Crippen LogP contribution in [0.25, 0.3) is 12.2 Å². The van der Waals surface area contributed by atoms with E-state index in [2.05, 4.69) is 47.3 Å². The highest BCUT2D eigenvalue weighted by Gasteiger charge is 2.20. The van der Waals surface area contributed by atoms with Gasteiger partial charge in [-0.25, -0.2) is 0 Å². The lowest BCUT2D eigenvalue weighted by Crippen LogP contribution is -2.32. The van der Waals surface area contributed by atoms with Gasteiger partial charge in [-0.2, -0.15) is 0 Å². The Hall–Kier alpha value is -2.59. The second kappa shape index (κ2) is 5.56. The summed E-state index contributed by atoms with van der Waals surface area (Å²) in [6, 6.07) is 10.3. The Bertz CT molecular complexity index is 989. The molecule has 3 nitrogen and oxygen atoms in total. The third-order valence-electron chi connectivity index (χ3n) is 3.94. The molecule has 0 saturated carbocycles. The summed E-state index contributed by atoms with van der Waals surface area (Å²) >= 11 is 1.75. The number of para-hydroxylation sites is 1. The second-order valence-electron chi connectivity index (χ2n) is 5.35. The lowest BCUT2D eigenvalue weighted by molar-refractivity contribution is 0.104. The number of nitrogens with zero attached hydrogens (tertiary/aromatic N) is 2. The zero-order chi connectivity index (χ0) is 15.8. The smallest absolute Gasteiger partial charge is 0.204 e. The maximum absolute atomic E-state index is 11.9.